The number of aliphatic carboxylic acids is 2. The highest BCUT2D eigenvalue weighted by Crippen LogP contribution is 2.11. The summed E-state index contributed by atoms with van der Waals surface area (Å²) in [5, 5.41) is 35.3. The standard InChI is InChI=1S/C21H38N4O8/c1-6-11(4)16(24-18(29)13(22)7-8-15(27)28)19(30)25-17(12(5)26)20(31)23-14(21(32)33)9-10(2)3/h10-14,16-17,26H,6-9,22H2,1-5H3,(H,23,31)(H,24,29)(H,25,30)(H,27,28)(H,32,33). The van der Waals surface area contributed by atoms with E-state index in [0.29, 0.717) is 6.42 Å². The molecular weight excluding hydrogens is 436 g/mol. The first-order chi connectivity index (χ1) is 15.2. The Bertz CT molecular complexity index is 698. The Morgan fingerprint density at radius 3 is 1.79 bits per heavy atom. The number of hydrogen-bond acceptors (Lipinski definition) is 7. The van der Waals surface area contributed by atoms with Gasteiger partial charge in [-0.1, -0.05) is 34.1 Å². The third kappa shape index (κ3) is 11.1. The molecule has 3 amide bonds. The summed E-state index contributed by atoms with van der Waals surface area (Å²) in [6, 6.07) is -4.93. The molecule has 0 radical (unpaired) electrons. The Morgan fingerprint density at radius 1 is 0.848 bits per heavy atom. The molecule has 6 unspecified atom stereocenters. The molecule has 0 fully saturated rings. The first-order valence-corrected chi connectivity index (χ1v) is 11.0. The Kier molecular flexibility index (Phi) is 13.2. The van der Waals surface area contributed by atoms with Gasteiger partial charge in [0.1, 0.15) is 18.1 Å². The van der Waals surface area contributed by atoms with E-state index in [9.17, 15) is 34.2 Å². The lowest BCUT2D eigenvalue weighted by Crippen LogP contribution is -2.61. The van der Waals surface area contributed by atoms with Gasteiger partial charge in [0.25, 0.3) is 0 Å². The molecule has 33 heavy (non-hydrogen) atoms. The van der Waals surface area contributed by atoms with Crippen LogP contribution >= 0.6 is 0 Å². The number of carboxylic acid groups (broad SMARTS) is 2. The van der Waals surface area contributed by atoms with Crippen molar-refractivity contribution in [2.45, 2.75) is 90.6 Å². The van der Waals surface area contributed by atoms with Gasteiger partial charge < -0.3 is 37.0 Å². The van der Waals surface area contributed by atoms with Crippen LogP contribution in [0.5, 0.6) is 0 Å². The van der Waals surface area contributed by atoms with Crippen LogP contribution in [0.15, 0.2) is 0 Å². The number of aliphatic hydroxyl groups is 1. The second-order valence-electron chi connectivity index (χ2n) is 8.67. The lowest BCUT2D eigenvalue weighted by molar-refractivity contribution is -0.143. The van der Waals surface area contributed by atoms with Crippen LogP contribution in [0.25, 0.3) is 0 Å². The second-order valence-corrected chi connectivity index (χ2v) is 8.67. The molecule has 0 aliphatic rings. The molecule has 12 heteroatoms. The zero-order chi connectivity index (χ0) is 25.9. The summed E-state index contributed by atoms with van der Waals surface area (Å²) in [6.07, 6.45) is -1.17. The first-order valence-electron chi connectivity index (χ1n) is 11.0. The van der Waals surface area contributed by atoms with Gasteiger partial charge in [-0.25, -0.2) is 4.79 Å². The predicted molar refractivity (Wildman–Crippen MR) is 119 cm³/mol. The van der Waals surface area contributed by atoms with Crippen LogP contribution in [0.2, 0.25) is 0 Å². The maximum atomic E-state index is 12.9. The SMILES string of the molecule is CCC(C)C(NC(=O)C(N)CCC(=O)O)C(=O)NC(C(=O)NC(CC(C)C)C(=O)O)C(C)O. The summed E-state index contributed by atoms with van der Waals surface area (Å²) >= 11 is 0. The highest BCUT2D eigenvalue weighted by molar-refractivity contribution is 5.94. The van der Waals surface area contributed by atoms with Gasteiger partial charge in [0.05, 0.1) is 12.1 Å². The number of amides is 3. The van der Waals surface area contributed by atoms with Crippen molar-refractivity contribution in [3.63, 3.8) is 0 Å². The molecule has 0 heterocycles. The van der Waals surface area contributed by atoms with Gasteiger partial charge in [0.2, 0.25) is 17.7 Å². The predicted octanol–water partition coefficient (Wildman–Crippen LogP) is -0.809. The number of nitrogens with two attached hydrogens (primary N) is 1. The van der Waals surface area contributed by atoms with Gasteiger partial charge in [-0.3, -0.25) is 19.2 Å². The number of hydrogen-bond donors (Lipinski definition) is 7. The minimum absolute atomic E-state index is 0.0266. The van der Waals surface area contributed by atoms with Crippen molar-refractivity contribution in [2.24, 2.45) is 17.6 Å². The molecule has 12 nitrogen and oxygen atoms in total. The Morgan fingerprint density at radius 2 is 1.36 bits per heavy atom. The molecule has 6 atom stereocenters. The average molecular weight is 475 g/mol. The van der Waals surface area contributed by atoms with Crippen LogP contribution < -0.4 is 21.7 Å². The van der Waals surface area contributed by atoms with Crippen molar-refractivity contribution in [3.05, 3.63) is 0 Å². The molecule has 0 aliphatic carbocycles. The monoisotopic (exact) mass is 474 g/mol. The molecule has 0 bridgehead atoms. The summed E-state index contributed by atoms with van der Waals surface area (Å²) < 4.78 is 0. The van der Waals surface area contributed by atoms with E-state index in [-0.39, 0.29) is 31.1 Å². The second kappa shape index (κ2) is 14.4. The summed E-state index contributed by atoms with van der Waals surface area (Å²) in [7, 11) is 0. The van der Waals surface area contributed by atoms with Crippen LogP contribution in [0, 0.1) is 11.8 Å². The number of nitrogens with one attached hydrogen (secondary N) is 3. The van der Waals surface area contributed by atoms with Gasteiger partial charge in [0, 0.05) is 6.42 Å². The quantitative estimate of drug-likeness (QED) is 0.158. The third-order valence-electron chi connectivity index (χ3n) is 5.18. The van der Waals surface area contributed by atoms with Crippen LogP contribution in [0.4, 0.5) is 0 Å². The molecule has 0 aromatic heterocycles. The normalized spacial score (nSPS) is 16.6. The van der Waals surface area contributed by atoms with Crippen molar-refractivity contribution in [3.8, 4) is 0 Å². The maximum Gasteiger partial charge on any atom is 0.326 e. The van der Waals surface area contributed by atoms with E-state index in [2.05, 4.69) is 16.0 Å². The molecule has 190 valence electrons. The molecule has 0 saturated heterocycles. The number of carbonyl (C=O) groups excluding carboxylic acids is 3. The molecule has 0 rings (SSSR count). The molecular formula is C21H38N4O8. The largest absolute Gasteiger partial charge is 0.481 e. The van der Waals surface area contributed by atoms with E-state index in [0.717, 1.165) is 0 Å². The van der Waals surface area contributed by atoms with Crippen LogP contribution in [0.3, 0.4) is 0 Å². The number of carboxylic acids is 2. The van der Waals surface area contributed by atoms with Gasteiger partial charge in [0.15, 0.2) is 0 Å². The Labute approximate surface area is 193 Å². The maximum absolute atomic E-state index is 12.9. The van der Waals surface area contributed by atoms with Crippen molar-refractivity contribution in [1.82, 2.24) is 16.0 Å². The first kappa shape index (κ1) is 30.3. The van der Waals surface area contributed by atoms with Crippen molar-refractivity contribution in [1.29, 1.82) is 0 Å². The molecule has 8 N–H and O–H groups in total. The van der Waals surface area contributed by atoms with Crippen LogP contribution in [0.1, 0.15) is 60.3 Å². The summed E-state index contributed by atoms with van der Waals surface area (Å²) in [5.41, 5.74) is 5.71. The fourth-order valence-electron chi connectivity index (χ4n) is 2.97. The topological polar surface area (TPSA) is 208 Å². The van der Waals surface area contributed by atoms with E-state index in [4.69, 9.17) is 10.8 Å². The van der Waals surface area contributed by atoms with Gasteiger partial charge >= 0.3 is 11.9 Å². The smallest absolute Gasteiger partial charge is 0.326 e. The van der Waals surface area contributed by atoms with Crippen molar-refractivity contribution in [2.75, 3.05) is 0 Å². The van der Waals surface area contributed by atoms with Gasteiger partial charge in [-0.15, -0.1) is 0 Å². The van der Waals surface area contributed by atoms with Crippen molar-refractivity contribution < 1.29 is 39.3 Å². The zero-order valence-corrected chi connectivity index (χ0v) is 19.8. The van der Waals surface area contributed by atoms with E-state index in [1.54, 1.807) is 27.7 Å². The minimum Gasteiger partial charge on any atom is -0.481 e. The lowest BCUT2D eigenvalue weighted by Gasteiger charge is -2.29. The fraction of sp³-hybridized carbons (Fsp3) is 0.762. The molecule has 0 aromatic carbocycles. The molecule has 0 spiro atoms. The molecule has 0 aliphatic heterocycles. The minimum atomic E-state index is -1.46. The third-order valence-corrected chi connectivity index (χ3v) is 5.18. The lowest BCUT2D eigenvalue weighted by atomic mass is 9.96. The van der Waals surface area contributed by atoms with Gasteiger partial charge in [-0.2, -0.15) is 0 Å². The summed E-state index contributed by atoms with van der Waals surface area (Å²) in [5.74, 6) is -5.13. The van der Waals surface area contributed by atoms with Crippen LogP contribution in [-0.4, -0.2) is 75.3 Å². The number of rotatable bonds is 15. The van der Waals surface area contributed by atoms with E-state index in [1.807, 2.05) is 0 Å². The number of aliphatic hydroxyl groups excluding tert-OH is 1. The average Bonchev–Trinajstić information content (AvgIpc) is 2.71. The van der Waals surface area contributed by atoms with E-state index < -0.39 is 59.9 Å². The van der Waals surface area contributed by atoms with E-state index >= 15 is 0 Å². The highest BCUT2D eigenvalue weighted by Gasteiger charge is 2.34. The highest BCUT2D eigenvalue weighted by atomic mass is 16.4. The zero-order valence-electron chi connectivity index (χ0n) is 19.8. The summed E-state index contributed by atoms with van der Waals surface area (Å²) in [6.45, 7) is 8.31. The Balaban J connectivity index is 5.45. The van der Waals surface area contributed by atoms with Crippen LogP contribution in [-0.2, 0) is 24.0 Å². The van der Waals surface area contributed by atoms with E-state index in [1.165, 1.54) is 6.92 Å². The fourth-order valence-corrected chi connectivity index (χ4v) is 2.97. The van der Waals surface area contributed by atoms with Gasteiger partial charge in [-0.05, 0) is 31.6 Å². The number of carbonyl (C=O) groups is 5. The molecule has 0 saturated carbocycles. The molecule has 0 aromatic rings. The van der Waals surface area contributed by atoms with Crippen molar-refractivity contribution >= 4 is 29.7 Å². The summed E-state index contributed by atoms with van der Waals surface area (Å²) in [4.78, 5) is 60.1. The Hall–Kier alpha value is -2.73.